The van der Waals surface area contributed by atoms with E-state index in [-0.39, 0.29) is 24.5 Å². The molecular weight excluding hydrogens is 231 g/mol. The van der Waals surface area contributed by atoms with E-state index in [2.05, 4.69) is 0 Å². The smallest absolute Gasteiger partial charge is 0.416 e. The van der Waals surface area contributed by atoms with Gasteiger partial charge >= 0.3 is 6.18 Å². The lowest BCUT2D eigenvalue weighted by molar-refractivity contribution is -0.138. The molecule has 0 atom stereocenters. The molecule has 1 aromatic rings. The summed E-state index contributed by atoms with van der Waals surface area (Å²) in [7, 11) is 1.39. The zero-order valence-corrected chi connectivity index (χ0v) is 8.78. The first-order chi connectivity index (χ1) is 6.49. The molecule has 0 saturated carbocycles. The molecule has 0 radical (unpaired) electrons. The van der Waals surface area contributed by atoms with E-state index in [1.54, 1.807) is 0 Å². The second-order valence-corrected chi connectivity index (χ2v) is 2.72. The number of hydrogen-bond donors (Lipinski definition) is 1. The molecule has 0 heterocycles. The lowest BCUT2D eigenvalue weighted by atomic mass is 10.1. The van der Waals surface area contributed by atoms with Crippen molar-refractivity contribution in [2.24, 2.45) is 5.73 Å². The van der Waals surface area contributed by atoms with Crippen molar-refractivity contribution in [2.45, 2.75) is 12.7 Å². The summed E-state index contributed by atoms with van der Waals surface area (Å²) in [5.74, 6) is 0.374. The van der Waals surface area contributed by atoms with Crippen molar-refractivity contribution in [3.63, 3.8) is 0 Å². The molecule has 0 amide bonds. The van der Waals surface area contributed by atoms with Crippen molar-refractivity contribution in [2.75, 3.05) is 7.11 Å². The summed E-state index contributed by atoms with van der Waals surface area (Å²) in [4.78, 5) is 0. The molecule has 0 spiro atoms. The lowest BCUT2D eigenvalue weighted by Crippen LogP contribution is -2.11. The van der Waals surface area contributed by atoms with Crippen LogP contribution in [-0.4, -0.2) is 7.11 Å². The monoisotopic (exact) mass is 241 g/mol. The number of benzene rings is 1. The van der Waals surface area contributed by atoms with Crippen LogP contribution in [0.5, 0.6) is 5.75 Å². The molecule has 1 rings (SSSR count). The molecule has 0 bridgehead atoms. The molecule has 0 aliphatic rings. The van der Waals surface area contributed by atoms with Gasteiger partial charge in [0.2, 0.25) is 0 Å². The topological polar surface area (TPSA) is 35.2 Å². The minimum Gasteiger partial charge on any atom is -0.497 e. The van der Waals surface area contributed by atoms with E-state index in [4.69, 9.17) is 10.5 Å². The second kappa shape index (κ2) is 5.23. The molecule has 15 heavy (non-hydrogen) atoms. The zero-order valence-electron chi connectivity index (χ0n) is 7.97. The number of alkyl halides is 3. The summed E-state index contributed by atoms with van der Waals surface area (Å²) in [6.45, 7) is -0.161. The summed E-state index contributed by atoms with van der Waals surface area (Å²) in [6, 6.07) is 3.53. The van der Waals surface area contributed by atoms with Gasteiger partial charge in [-0.3, -0.25) is 0 Å². The van der Waals surface area contributed by atoms with Crippen LogP contribution in [0.25, 0.3) is 0 Å². The third-order valence-corrected chi connectivity index (χ3v) is 1.84. The van der Waals surface area contributed by atoms with Crippen molar-refractivity contribution in [1.82, 2.24) is 0 Å². The molecule has 0 aromatic heterocycles. The van der Waals surface area contributed by atoms with Crippen LogP contribution in [0.15, 0.2) is 18.2 Å². The van der Waals surface area contributed by atoms with Crippen molar-refractivity contribution >= 4 is 12.4 Å². The van der Waals surface area contributed by atoms with Crippen molar-refractivity contribution in [3.05, 3.63) is 29.3 Å². The molecular formula is C9H11ClF3NO. The number of ether oxygens (including phenoxy) is 1. The minimum absolute atomic E-state index is 0. The van der Waals surface area contributed by atoms with Crippen LogP contribution >= 0.6 is 12.4 Å². The predicted molar refractivity (Wildman–Crippen MR) is 53.1 cm³/mol. The van der Waals surface area contributed by atoms with Crippen LogP contribution in [0.4, 0.5) is 13.2 Å². The number of hydrogen-bond acceptors (Lipinski definition) is 2. The van der Waals surface area contributed by atoms with Gasteiger partial charge in [0.1, 0.15) is 5.75 Å². The van der Waals surface area contributed by atoms with Crippen LogP contribution < -0.4 is 10.5 Å². The summed E-state index contributed by atoms with van der Waals surface area (Å²) in [6.07, 6.45) is -4.36. The minimum atomic E-state index is -4.36. The van der Waals surface area contributed by atoms with Crippen LogP contribution in [-0.2, 0) is 12.7 Å². The van der Waals surface area contributed by atoms with Crippen molar-refractivity contribution < 1.29 is 17.9 Å². The highest BCUT2D eigenvalue weighted by molar-refractivity contribution is 5.85. The van der Waals surface area contributed by atoms with Crippen LogP contribution in [0, 0.1) is 0 Å². The first kappa shape index (κ1) is 14.1. The highest BCUT2D eigenvalue weighted by Crippen LogP contribution is 2.33. The average molecular weight is 242 g/mol. The Bertz CT molecular complexity index is 328. The van der Waals surface area contributed by atoms with Gasteiger partial charge in [0.25, 0.3) is 0 Å². The Kier molecular flexibility index (Phi) is 4.90. The third kappa shape index (κ3) is 3.28. The Balaban J connectivity index is 0.00000196. The van der Waals surface area contributed by atoms with Crippen molar-refractivity contribution in [1.29, 1.82) is 0 Å². The summed E-state index contributed by atoms with van der Waals surface area (Å²) in [5.41, 5.74) is 4.55. The molecule has 6 heteroatoms. The van der Waals surface area contributed by atoms with Crippen LogP contribution in [0.1, 0.15) is 11.1 Å². The molecule has 0 unspecified atom stereocenters. The first-order valence-corrected chi connectivity index (χ1v) is 3.93. The summed E-state index contributed by atoms with van der Waals surface area (Å²) in [5, 5.41) is 0. The van der Waals surface area contributed by atoms with Gasteiger partial charge in [-0.25, -0.2) is 0 Å². The SMILES string of the molecule is COc1ccc(C(F)(F)F)c(CN)c1.Cl. The van der Waals surface area contributed by atoms with E-state index < -0.39 is 11.7 Å². The van der Waals surface area contributed by atoms with Gasteiger partial charge in [-0.2, -0.15) is 13.2 Å². The molecule has 0 aliphatic carbocycles. The Morgan fingerprint density at radius 3 is 2.33 bits per heavy atom. The average Bonchev–Trinajstić information content (AvgIpc) is 2.15. The molecule has 0 fully saturated rings. The quantitative estimate of drug-likeness (QED) is 0.864. The molecule has 2 N–H and O–H groups in total. The Labute approximate surface area is 91.6 Å². The van der Waals surface area contributed by atoms with E-state index in [1.165, 1.54) is 19.2 Å². The Hall–Kier alpha value is -0.940. The summed E-state index contributed by atoms with van der Waals surface area (Å²) < 4.78 is 41.9. The Morgan fingerprint density at radius 1 is 1.33 bits per heavy atom. The summed E-state index contributed by atoms with van der Waals surface area (Å²) >= 11 is 0. The molecule has 86 valence electrons. The highest BCUT2D eigenvalue weighted by atomic mass is 35.5. The van der Waals surface area contributed by atoms with E-state index in [0.717, 1.165) is 6.07 Å². The van der Waals surface area contributed by atoms with Crippen molar-refractivity contribution in [3.8, 4) is 5.75 Å². The van der Waals surface area contributed by atoms with Gasteiger partial charge in [-0.05, 0) is 23.8 Å². The highest BCUT2D eigenvalue weighted by Gasteiger charge is 2.32. The number of halogens is 4. The first-order valence-electron chi connectivity index (χ1n) is 3.93. The largest absolute Gasteiger partial charge is 0.497 e. The van der Waals surface area contributed by atoms with Gasteiger partial charge in [0.15, 0.2) is 0 Å². The van der Waals surface area contributed by atoms with Crippen LogP contribution in [0.2, 0.25) is 0 Å². The zero-order chi connectivity index (χ0) is 10.8. The number of rotatable bonds is 2. The number of methoxy groups -OCH3 is 1. The number of nitrogens with two attached hydrogens (primary N) is 1. The maximum Gasteiger partial charge on any atom is 0.416 e. The molecule has 0 aliphatic heterocycles. The molecule has 1 aromatic carbocycles. The molecule has 2 nitrogen and oxygen atoms in total. The fourth-order valence-electron chi connectivity index (χ4n) is 1.14. The van der Waals surface area contributed by atoms with E-state index in [9.17, 15) is 13.2 Å². The Morgan fingerprint density at radius 2 is 1.93 bits per heavy atom. The predicted octanol–water partition coefficient (Wildman–Crippen LogP) is 2.59. The van der Waals surface area contributed by atoms with Gasteiger partial charge in [0, 0.05) is 6.54 Å². The van der Waals surface area contributed by atoms with Gasteiger partial charge in [-0.1, -0.05) is 0 Å². The standard InChI is InChI=1S/C9H10F3NO.ClH/c1-14-7-2-3-8(9(10,11)12)6(4-7)5-13;/h2-4H,5,13H2,1H3;1H. The van der Waals surface area contributed by atoms with Gasteiger partial charge in [0.05, 0.1) is 12.7 Å². The van der Waals surface area contributed by atoms with Gasteiger partial charge in [-0.15, -0.1) is 12.4 Å². The van der Waals surface area contributed by atoms with E-state index >= 15 is 0 Å². The van der Waals surface area contributed by atoms with Gasteiger partial charge < -0.3 is 10.5 Å². The maximum absolute atomic E-state index is 12.4. The van der Waals surface area contributed by atoms with E-state index in [1.807, 2.05) is 0 Å². The molecule has 0 saturated heterocycles. The van der Waals surface area contributed by atoms with Crippen LogP contribution in [0.3, 0.4) is 0 Å². The fraction of sp³-hybridized carbons (Fsp3) is 0.333. The maximum atomic E-state index is 12.4. The third-order valence-electron chi connectivity index (χ3n) is 1.84. The normalized spacial score (nSPS) is 10.7. The fourth-order valence-corrected chi connectivity index (χ4v) is 1.14. The lowest BCUT2D eigenvalue weighted by Gasteiger charge is -2.12. The van der Waals surface area contributed by atoms with E-state index in [0.29, 0.717) is 5.75 Å². The second-order valence-electron chi connectivity index (χ2n) is 2.72.